The summed E-state index contributed by atoms with van der Waals surface area (Å²) in [5.41, 5.74) is 0. The second-order valence-electron chi connectivity index (χ2n) is 6.50. The zero-order valence-corrected chi connectivity index (χ0v) is 12.8. The van der Waals surface area contributed by atoms with Gasteiger partial charge in [0.1, 0.15) is 0 Å². The zero-order valence-electron chi connectivity index (χ0n) is 12.8. The number of amides is 3. The highest BCUT2D eigenvalue weighted by Gasteiger charge is 2.36. The number of hydrogen-bond donors (Lipinski definition) is 2. The Morgan fingerprint density at radius 3 is 2.48 bits per heavy atom. The van der Waals surface area contributed by atoms with E-state index in [0.717, 1.165) is 19.5 Å². The van der Waals surface area contributed by atoms with Crippen LogP contribution in [0.25, 0.3) is 0 Å². The SMILES string of the molecule is CCCN(CCN1C(=O)CNC1=O)C1CC2CCC(C1)N2. The molecule has 2 bridgehead atoms. The molecule has 3 rings (SSSR count). The van der Waals surface area contributed by atoms with Crippen LogP contribution < -0.4 is 10.6 Å². The van der Waals surface area contributed by atoms with E-state index in [0.29, 0.717) is 24.7 Å². The maximum absolute atomic E-state index is 11.7. The number of nitrogens with zero attached hydrogens (tertiary/aromatic N) is 2. The van der Waals surface area contributed by atoms with Crippen LogP contribution >= 0.6 is 0 Å². The van der Waals surface area contributed by atoms with Gasteiger partial charge in [0, 0.05) is 31.2 Å². The number of imide groups is 1. The number of carbonyl (C=O) groups excluding carboxylic acids is 2. The van der Waals surface area contributed by atoms with Crippen molar-refractivity contribution in [2.45, 2.75) is 57.2 Å². The van der Waals surface area contributed by atoms with Crippen LogP contribution in [0.4, 0.5) is 4.79 Å². The molecule has 2 unspecified atom stereocenters. The van der Waals surface area contributed by atoms with E-state index in [-0.39, 0.29) is 18.5 Å². The standard InChI is InChI=1S/C15H26N4O2/c1-2-5-18(6-7-19-14(20)10-16-15(19)21)13-8-11-3-4-12(9-13)17-11/h11-13,17H,2-10H2,1H3,(H,16,21). The lowest BCUT2D eigenvalue weighted by Gasteiger charge is -2.38. The average Bonchev–Trinajstić information content (AvgIpc) is 2.98. The quantitative estimate of drug-likeness (QED) is 0.702. The summed E-state index contributed by atoms with van der Waals surface area (Å²) in [7, 11) is 0. The molecule has 3 amide bonds. The summed E-state index contributed by atoms with van der Waals surface area (Å²) in [6.07, 6.45) is 6.12. The molecule has 0 aromatic carbocycles. The molecule has 6 nitrogen and oxygen atoms in total. The Balaban J connectivity index is 1.57. The van der Waals surface area contributed by atoms with Crippen LogP contribution in [0, 0.1) is 0 Å². The van der Waals surface area contributed by atoms with Crippen molar-refractivity contribution in [1.29, 1.82) is 0 Å². The number of nitrogens with one attached hydrogen (secondary N) is 2. The monoisotopic (exact) mass is 294 g/mol. The van der Waals surface area contributed by atoms with E-state index in [1.54, 1.807) is 0 Å². The Kier molecular flexibility index (Phi) is 4.45. The van der Waals surface area contributed by atoms with E-state index >= 15 is 0 Å². The molecule has 0 aromatic rings. The number of piperidine rings is 1. The fraction of sp³-hybridized carbons (Fsp3) is 0.867. The molecular weight excluding hydrogens is 268 g/mol. The summed E-state index contributed by atoms with van der Waals surface area (Å²) in [5.74, 6) is -0.0955. The van der Waals surface area contributed by atoms with Gasteiger partial charge in [-0.3, -0.25) is 14.6 Å². The molecule has 3 aliphatic rings. The molecule has 3 aliphatic heterocycles. The van der Waals surface area contributed by atoms with Gasteiger partial charge in [0.25, 0.3) is 0 Å². The van der Waals surface area contributed by atoms with Crippen molar-refractivity contribution in [2.75, 3.05) is 26.2 Å². The smallest absolute Gasteiger partial charge is 0.324 e. The van der Waals surface area contributed by atoms with Crippen LogP contribution in [0.2, 0.25) is 0 Å². The second kappa shape index (κ2) is 6.32. The normalized spacial score (nSPS) is 32.1. The van der Waals surface area contributed by atoms with E-state index in [1.165, 1.54) is 30.6 Å². The summed E-state index contributed by atoms with van der Waals surface area (Å²) in [5, 5.41) is 6.26. The second-order valence-corrected chi connectivity index (χ2v) is 6.50. The van der Waals surface area contributed by atoms with Gasteiger partial charge in [-0.15, -0.1) is 0 Å². The third kappa shape index (κ3) is 3.21. The number of hydrogen-bond acceptors (Lipinski definition) is 4. The predicted molar refractivity (Wildman–Crippen MR) is 79.9 cm³/mol. The molecule has 3 fully saturated rings. The van der Waals surface area contributed by atoms with E-state index in [4.69, 9.17) is 0 Å². The first-order valence-electron chi connectivity index (χ1n) is 8.25. The first-order valence-corrected chi connectivity index (χ1v) is 8.25. The third-order valence-corrected chi connectivity index (χ3v) is 5.02. The van der Waals surface area contributed by atoms with Gasteiger partial charge in [0.15, 0.2) is 0 Å². The minimum absolute atomic E-state index is 0.0955. The van der Waals surface area contributed by atoms with E-state index in [1.807, 2.05) is 0 Å². The molecule has 2 N–H and O–H groups in total. The molecule has 3 heterocycles. The minimum atomic E-state index is -0.234. The maximum Gasteiger partial charge on any atom is 0.324 e. The average molecular weight is 294 g/mol. The lowest BCUT2D eigenvalue weighted by atomic mass is 9.98. The van der Waals surface area contributed by atoms with Gasteiger partial charge in [0.2, 0.25) is 5.91 Å². The van der Waals surface area contributed by atoms with Crippen LogP contribution in [0.3, 0.4) is 0 Å². The molecule has 0 saturated carbocycles. The van der Waals surface area contributed by atoms with Crippen LogP contribution in [-0.2, 0) is 4.79 Å². The highest BCUT2D eigenvalue weighted by atomic mass is 16.2. The Bertz CT molecular complexity index is 386. The number of rotatable bonds is 6. The van der Waals surface area contributed by atoms with Crippen molar-refractivity contribution in [1.82, 2.24) is 20.4 Å². The van der Waals surface area contributed by atoms with Crippen molar-refractivity contribution in [2.24, 2.45) is 0 Å². The number of fused-ring (bicyclic) bond motifs is 2. The Morgan fingerprint density at radius 1 is 1.19 bits per heavy atom. The molecule has 0 spiro atoms. The summed E-state index contributed by atoms with van der Waals surface area (Å²) < 4.78 is 0. The summed E-state index contributed by atoms with van der Waals surface area (Å²) in [4.78, 5) is 27.1. The van der Waals surface area contributed by atoms with Crippen molar-refractivity contribution in [3.05, 3.63) is 0 Å². The first kappa shape index (κ1) is 14.8. The summed E-state index contributed by atoms with van der Waals surface area (Å²) >= 11 is 0. The largest absolute Gasteiger partial charge is 0.329 e. The van der Waals surface area contributed by atoms with Gasteiger partial charge in [-0.05, 0) is 38.6 Å². The van der Waals surface area contributed by atoms with Crippen molar-refractivity contribution in [3.8, 4) is 0 Å². The molecular formula is C15H26N4O2. The van der Waals surface area contributed by atoms with Gasteiger partial charge in [-0.2, -0.15) is 0 Å². The molecule has 0 aromatic heterocycles. The fourth-order valence-corrected chi connectivity index (χ4v) is 4.00. The van der Waals surface area contributed by atoms with E-state index in [9.17, 15) is 9.59 Å². The van der Waals surface area contributed by atoms with Gasteiger partial charge < -0.3 is 10.6 Å². The molecule has 118 valence electrons. The van der Waals surface area contributed by atoms with E-state index < -0.39 is 0 Å². The molecule has 6 heteroatoms. The summed E-state index contributed by atoms with van der Waals surface area (Å²) in [6.45, 7) is 4.72. The molecule has 3 saturated heterocycles. The van der Waals surface area contributed by atoms with Crippen molar-refractivity contribution >= 4 is 11.9 Å². The first-order chi connectivity index (χ1) is 10.2. The fourth-order valence-electron chi connectivity index (χ4n) is 4.00. The van der Waals surface area contributed by atoms with Gasteiger partial charge in [0.05, 0.1) is 6.54 Å². The third-order valence-electron chi connectivity index (χ3n) is 5.02. The van der Waals surface area contributed by atoms with Crippen LogP contribution in [0.1, 0.15) is 39.0 Å². The zero-order chi connectivity index (χ0) is 14.8. The Hall–Kier alpha value is -1.14. The molecule has 0 radical (unpaired) electrons. The lowest BCUT2D eigenvalue weighted by molar-refractivity contribution is -0.125. The molecule has 0 aliphatic carbocycles. The number of urea groups is 1. The minimum Gasteiger partial charge on any atom is -0.329 e. The van der Waals surface area contributed by atoms with Crippen LogP contribution in [0.5, 0.6) is 0 Å². The summed E-state index contributed by atoms with van der Waals surface area (Å²) in [6, 6.07) is 1.71. The Labute approximate surface area is 126 Å². The molecule has 21 heavy (non-hydrogen) atoms. The maximum atomic E-state index is 11.7. The Morgan fingerprint density at radius 2 is 1.90 bits per heavy atom. The van der Waals surface area contributed by atoms with Crippen LogP contribution in [0.15, 0.2) is 0 Å². The van der Waals surface area contributed by atoms with Crippen molar-refractivity contribution < 1.29 is 9.59 Å². The highest BCUT2D eigenvalue weighted by Crippen LogP contribution is 2.29. The predicted octanol–water partition coefficient (Wildman–Crippen LogP) is 0.533. The van der Waals surface area contributed by atoms with Crippen molar-refractivity contribution in [3.63, 3.8) is 0 Å². The highest BCUT2D eigenvalue weighted by molar-refractivity contribution is 6.01. The number of carbonyl (C=O) groups is 2. The van der Waals surface area contributed by atoms with Gasteiger partial charge >= 0.3 is 6.03 Å². The van der Waals surface area contributed by atoms with Gasteiger partial charge in [-0.1, -0.05) is 6.92 Å². The topological polar surface area (TPSA) is 64.7 Å². The molecule has 2 atom stereocenters. The van der Waals surface area contributed by atoms with Crippen LogP contribution in [-0.4, -0.2) is 66.0 Å². The lowest BCUT2D eigenvalue weighted by Crippen LogP contribution is -2.50. The van der Waals surface area contributed by atoms with Gasteiger partial charge in [-0.25, -0.2) is 4.79 Å². The van der Waals surface area contributed by atoms with E-state index in [2.05, 4.69) is 22.5 Å².